The van der Waals surface area contributed by atoms with Crippen LogP contribution in [0.25, 0.3) is 0 Å². The van der Waals surface area contributed by atoms with Gasteiger partial charge >= 0.3 is 0 Å². The molecule has 0 saturated carbocycles. The van der Waals surface area contributed by atoms with Crippen molar-refractivity contribution in [2.75, 3.05) is 20.2 Å². The van der Waals surface area contributed by atoms with Crippen molar-refractivity contribution in [2.24, 2.45) is 10.9 Å². The van der Waals surface area contributed by atoms with Gasteiger partial charge in [-0.25, -0.2) is 0 Å². The van der Waals surface area contributed by atoms with Crippen molar-refractivity contribution in [3.05, 3.63) is 106 Å². The molecule has 168 valence electrons. The number of guanidine groups is 1. The molecule has 0 spiro atoms. The average molecular weight is 433 g/mol. The number of aliphatic imine (C=N–C) groups is 1. The van der Waals surface area contributed by atoms with E-state index in [4.69, 9.17) is 4.74 Å². The van der Waals surface area contributed by atoms with Gasteiger partial charge in [0.1, 0.15) is 0 Å². The minimum Gasteiger partial charge on any atom is -0.376 e. The summed E-state index contributed by atoms with van der Waals surface area (Å²) < 4.78 is 7.51. The molecule has 1 aromatic heterocycles. The highest BCUT2D eigenvalue weighted by Crippen LogP contribution is 2.06. The number of hydrogen-bond donors (Lipinski definition) is 2. The van der Waals surface area contributed by atoms with Gasteiger partial charge in [-0.15, -0.1) is 0 Å². The van der Waals surface area contributed by atoms with Crippen molar-refractivity contribution < 1.29 is 4.74 Å². The Morgan fingerprint density at radius 2 is 1.66 bits per heavy atom. The lowest BCUT2D eigenvalue weighted by molar-refractivity contribution is 0.0931. The standard InChI is InChI=1S/C26H32N4O2/c1-21(19-32-20-24-8-4-3-5-9-24)16-28-26(27-2)29-17-22-11-13-23(14-12-22)18-30-15-7-6-10-25(30)31/h3-15,21H,16-20H2,1-2H3,(H2,27,28,29). The quantitative estimate of drug-likeness (QED) is 0.381. The summed E-state index contributed by atoms with van der Waals surface area (Å²) in [6.45, 7) is 5.49. The first-order chi connectivity index (χ1) is 15.6. The fourth-order valence-corrected chi connectivity index (χ4v) is 3.24. The first-order valence-electron chi connectivity index (χ1n) is 10.9. The van der Waals surface area contributed by atoms with E-state index in [2.05, 4.69) is 58.9 Å². The Hall–Kier alpha value is -3.38. The van der Waals surface area contributed by atoms with Gasteiger partial charge in [-0.2, -0.15) is 0 Å². The van der Waals surface area contributed by atoms with E-state index in [1.165, 1.54) is 5.56 Å². The number of nitrogens with one attached hydrogen (secondary N) is 2. The molecular weight excluding hydrogens is 400 g/mol. The van der Waals surface area contributed by atoms with Gasteiger partial charge in [0.2, 0.25) is 0 Å². The molecular formula is C26H32N4O2. The summed E-state index contributed by atoms with van der Waals surface area (Å²) in [5, 5.41) is 6.70. The molecule has 6 nitrogen and oxygen atoms in total. The second kappa shape index (κ2) is 12.5. The van der Waals surface area contributed by atoms with Gasteiger partial charge in [0.15, 0.2) is 5.96 Å². The maximum Gasteiger partial charge on any atom is 0.250 e. The van der Waals surface area contributed by atoms with Crippen molar-refractivity contribution in [1.29, 1.82) is 0 Å². The fraction of sp³-hybridized carbons (Fsp3) is 0.308. The smallest absolute Gasteiger partial charge is 0.250 e. The van der Waals surface area contributed by atoms with Crippen molar-refractivity contribution in [1.82, 2.24) is 15.2 Å². The molecule has 0 aliphatic carbocycles. The molecule has 1 heterocycles. The normalized spacial score (nSPS) is 12.4. The number of aromatic nitrogens is 1. The van der Waals surface area contributed by atoms with E-state index in [1.807, 2.05) is 24.3 Å². The van der Waals surface area contributed by atoms with E-state index < -0.39 is 0 Å². The number of nitrogens with zero attached hydrogens (tertiary/aromatic N) is 2. The Morgan fingerprint density at radius 1 is 0.938 bits per heavy atom. The van der Waals surface area contributed by atoms with Gasteiger partial charge in [-0.05, 0) is 28.7 Å². The highest BCUT2D eigenvalue weighted by molar-refractivity contribution is 5.79. The van der Waals surface area contributed by atoms with Gasteiger partial charge < -0.3 is 19.9 Å². The van der Waals surface area contributed by atoms with E-state index in [9.17, 15) is 4.79 Å². The number of hydrogen-bond acceptors (Lipinski definition) is 3. The Balaban J connectivity index is 1.38. The maximum atomic E-state index is 11.9. The summed E-state index contributed by atoms with van der Waals surface area (Å²) in [6.07, 6.45) is 1.81. The molecule has 3 rings (SSSR count). The van der Waals surface area contributed by atoms with Crippen LogP contribution in [0.15, 0.2) is 88.8 Å². The summed E-state index contributed by atoms with van der Waals surface area (Å²) in [5.41, 5.74) is 3.44. The van der Waals surface area contributed by atoms with E-state index in [1.54, 1.807) is 29.9 Å². The highest BCUT2D eigenvalue weighted by Gasteiger charge is 2.05. The molecule has 2 N–H and O–H groups in total. The van der Waals surface area contributed by atoms with E-state index in [0.29, 0.717) is 32.2 Å². The van der Waals surface area contributed by atoms with Crippen LogP contribution in [0.1, 0.15) is 23.6 Å². The summed E-state index contributed by atoms with van der Waals surface area (Å²) in [4.78, 5) is 16.2. The zero-order chi connectivity index (χ0) is 22.6. The second-order valence-corrected chi connectivity index (χ2v) is 7.90. The molecule has 0 radical (unpaired) electrons. The van der Waals surface area contributed by atoms with Crippen LogP contribution in [0.3, 0.4) is 0 Å². The lowest BCUT2D eigenvalue weighted by Crippen LogP contribution is -2.39. The number of benzene rings is 2. The highest BCUT2D eigenvalue weighted by atomic mass is 16.5. The van der Waals surface area contributed by atoms with Crippen LogP contribution in [-0.4, -0.2) is 30.7 Å². The van der Waals surface area contributed by atoms with Gasteiger partial charge in [-0.3, -0.25) is 9.79 Å². The molecule has 6 heteroatoms. The molecule has 32 heavy (non-hydrogen) atoms. The van der Waals surface area contributed by atoms with Crippen LogP contribution in [0, 0.1) is 5.92 Å². The molecule has 0 saturated heterocycles. The van der Waals surface area contributed by atoms with Gasteiger partial charge in [0.25, 0.3) is 5.56 Å². The minimum atomic E-state index is 0.00723. The molecule has 0 fully saturated rings. The third kappa shape index (κ3) is 7.71. The van der Waals surface area contributed by atoms with Gasteiger partial charge in [0, 0.05) is 32.4 Å². The van der Waals surface area contributed by atoms with Crippen LogP contribution in [-0.2, 0) is 24.4 Å². The lowest BCUT2D eigenvalue weighted by Gasteiger charge is -2.16. The maximum absolute atomic E-state index is 11.9. The van der Waals surface area contributed by atoms with Crippen LogP contribution >= 0.6 is 0 Å². The van der Waals surface area contributed by atoms with E-state index in [-0.39, 0.29) is 5.56 Å². The SMILES string of the molecule is CN=C(NCc1ccc(Cn2ccccc2=O)cc1)NCC(C)COCc1ccccc1. The molecule has 0 bridgehead atoms. The number of pyridine rings is 1. The Labute approximate surface area is 190 Å². The first kappa shape index (κ1) is 23.3. The van der Waals surface area contributed by atoms with Crippen molar-refractivity contribution in [3.63, 3.8) is 0 Å². The summed E-state index contributed by atoms with van der Waals surface area (Å²) in [6, 6.07) is 23.7. The van der Waals surface area contributed by atoms with E-state index in [0.717, 1.165) is 23.6 Å². The van der Waals surface area contributed by atoms with Crippen molar-refractivity contribution in [2.45, 2.75) is 26.6 Å². The average Bonchev–Trinajstić information content (AvgIpc) is 2.82. The zero-order valence-electron chi connectivity index (χ0n) is 18.8. The largest absolute Gasteiger partial charge is 0.376 e. The van der Waals surface area contributed by atoms with Crippen LogP contribution in [0.5, 0.6) is 0 Å². The molecule has 1 atom stereocenters. The number of rotatable bonds is 10. The predicted molar refractivity (Wildman–Crippen MR) is 130 cm³/mol. The topological polar surface area (TPSA) is 67.7 Å². The zero-order valence-corrected chi connectivity index (χ0v) is 18.8. The van der Waals surface area contributed by atoms with Gasteiger partial charge in [0.05, 0.1) is 19.8 Å². The van der Waals surface area contributed by atoms with Gasteiger partial charge in [-0.1, -0.05) is 67.6 Å². The molecule has 1 unspecified atom stereocenters. The Bertz CT molecular complexity index is 1030. The van der Waals surface area contributed by atoms with Crippen LogP contribution in [0.4, 0.5) is 0 Å². The predicted octanol–water partition coefficient (Wildman–Crippen LogP) is 3.41. The molecule has 0 aliphatic rings. The minimum absolute atomic E-state index is 0.00723. The summed E-state index contributed by atoms with van der Waals surface area (Å²) in [5.74, 6) is 1.12. The Morgan fingerprint density at radius 3 is 2.38 bits per heavy atom. The first-order valence-corrected chi connectivity index (χ1v) is 10.9. The van der Waals surface area contributed by atoms with Crippen molar-refractivity contribution in [3.8, 4) is 0 Å². The molecule has 2 aromatic carbocycles. The molecule has 3 aromatic rings. The van der Waals surface area contributed by atoms with Crippen molar-refractivity contribution >= 4 is 5.96 Å². The lowest BCUT2D eigenvalue weighted by atomic mass is 10.1. The van der Waals surface area contributed by atoms with Crippen LogP contribution < -0.4 is 16.2 Å². The summed E-state index contributed by atoms with van der Waals surface area (Å²) in [7, 11) is 1.77. The van der Waals surface area contributed by atoms with Crippen LogP contribution in [0.2, 0.25) is 0 Å². The second-order valence-electron chi connectivity index (χ2n) is 7.90. The fourth-order valence-electron chi connectivity index (χ4n) is 3.24. The molecule has 0 aliphatic heterocycles. The Kier molecular flexibility index (Phi) is 9.07. The molecule has 0 amide bonds. The number of ether oxygens (including phenoxy) is 1. The third-order valence-electron chi connectivity index (χ3n) is 5.09. The monoisotopic (exact) mass is 432 g/mol. The van der Waals surface area contributed by atoms with E-state index >= 15 is 0 Å². The third-order valence-corrected chi connectivity index (χ3v) is 5.09. The summed E-state index contributed by atoms with van der Waals surface area (Å²) >= 11 is 0.